The largest absolute Gasteiger partial charge is 0.452 e. The molecule has 9 nitrogen and oxygen atoms in total. The van der Waals surface area contributed by atoms with Crippen molar-refractivity contribution in [3.63, 3.8) is 0 Å². The summed E-state index contributed by atoms with van der Waals surface area (Å²) in [5.74, 6) is -0.241. The number of carbonyl (C=O) groups is 1. The van der Waals surface area contributed by atoms with Crippen LogP contribution in [0.2, 0.25) is 0 Å². The SMILES string of the molecule is CCN(CC)S(=O)(=O)c1cc(C(=O)OCc2nc(-c3cccnc3)no2)ccc1C. The van der Waals surface area contributed by atoms with Crippen molar-refractivity contribution >= 4 is 16.0 Å². The van der Waals surface area contributed by atoms with Gasteiger partial charge in [-0.15, -0.1) is 0 Å². The number of aryl methyl sites for hydroxylation is 1. The van der Waals surface area contributed by atoms with Gasteiger partial charge in [-0.2, -0.15) is 9.29 Å². The van der Waals surface area contributed by atoms with Crippen molar-refractivity contribution in [1.29, 1.82) is 0 Å². The van der Waals surface area contributed by atoms with Gasteiger partial charge in [0.1, 0.15) is 0 Å². The standard InChI is InChI=1S/C20H22N4O5S/c1-4-24(5-2)30(26,27)17-11-15(9-8-14(17)3)20(25)28-13-18-22-19(23-29-18)16-7-6-10-21-12-16/h6-12H,4-5,13H2,1-3H3. The summed E-state index contributed by atoms with van der Waals surface area (Å²) in [6.07, 6.45) is 3.22. The number of aromatic nitrogens is 3. The monoisotopic (exact) mass is 430 g/mol. The average molecular weight is 430 g/mol. The van der Waals surface area contributed by atoms with E-state index in [1.165, 1.54) is 16.4 Å². The van der Waals surface area contributed by atoms with Crippen LogP contribution in [0.15, 0.2) is 52.1 Å². The zero-order valence-electron chi connectivity index (χ0n) is 16.9. The van der Waals surface area contributed by atoms with Crippen molar-refractivity contribution in [1.82, 2.24) is 19.4 Å². The van der Waals surface area contributed by atoms with E-state index in [1.54, 1.807) is 51.4 Å². The van der Waals surface area contributed by atoms with Gasteiger partial charge in [0.25, 0.3) is 5.89 Å². The van der Waals surface area contributed by atoms with Crippen molar-refractivity contribution in [2.75, 3.05) is 13.1 Å². The zero-order valence-corrected chi connectivity index (χ0v) is 17.7. The van der Waals surface area contributed by atoms with E-state index in [0.29, 0.717) is 30.0 Å². The van der Waals surface area contributed by atoms with Crippen LogP contribution in [-0.2, 0) is 21.4 Å². The van der Waals surface area contributed by atoms with Gasteiger partial charge < -0.3 is 9.26 Å². The zero-order chi connectivity index (χ0) is 21.7. The Morgan fingerprint density at radius 1 is 1.20 bits per heavy atom. The first-order chi connectivity index (χ1) is 14.4. The molecule has 0 aliphatic carbocycles. The number of ether oxygens (including phenoxy) is 1. The quantitative estimate of drug-likeness (QED) is 0.501. The molecule has 0 saturated carbocycles. The number of hydrogen-bond acceptors (Lipinski definition) is 8. The van der Waals surface area contributed by atoms with Crippen molar-refractivity contribution < 1.29 is 22.5 Å². The van der Waals surface area contributed by atoms with E-state index in [9.17, 15) is 13.2 Å². The molecule has 0 atom stereocenters. The Hall–Kier alpha value is -3.11. The number of pyridine rings is 1. The molecule has 2 heterocycles. The van der Waals surface area contributed by atoms with Crippen LogP contribution < -0.4 is 0 Å². The molecule has 0 radical (unpaired) electrons. The second kappa shape index (κ2) is 9.14. The van der Waals surface area contributed by atoms with Crippen LogP contribution in [0.1, 0.15) is 35.7 Å². The number of rotatable bonds is 8. The van der Waals surface area contributed by atoms with E-state index in [1.807, 2.05) is 0 Å². The van der Waals surface area contributed by atoms with E-state index in [2.05, 4.69) is 15.1 Å². The average Bonchev–Trinajstić information content (AvgIpc) is 3.22. The molecular weight excluding hydrogens is 408 g/mol. The van der Waals surface area contributed by atoms with Crippen LogP contribution >= 0.6 is 0 Å². The summed E-state index contributed by atoms with van der Waals surface area (Å²) < 4.78 is 37.3. The third-order valence-electron chi connectivity index (χ3n) is 4.46. The highest BCUT2D eigenvalue weighted by Crippen LogP contribution is 2.22. The highest BCUT2D eigenvalue weighted by molar-refractivity contribution is 7.89. The molecule has 10 heteroatoms. The van der Waals surface area contributed by atoms with Crippen LogP contribution in [0.5, 0.6) is 0 Å². The molecule has 3 rings (SSSR count). The van der Waals surface area contributed by atoms with Gasteiger partial charge in [-0.1, -0.05) is 25.1 Å². The molecule has 0 spiro atoms. The van der Waals surface area contributed by atoms with Gasteiger partial charge in [0.05, 0.1) is 10.5 Å². The summed E-state index contributed by atoms with van der Waals surface area (Å²) in [6, 6.07) is 7.96. The molecule has 0 bridgehead atoms. The molecule has 0 amide bonds. The van der Waals surface area contributed by atoms with Gasteiger partial charge in [-0.25, -0.2) is 13.2 Å². The molecule has 0 N–H and O–H groups in total. The number of carbonyl (C=O) groups excluding carboxylic acids is 1. The lowest BCUT2D eigenvalue weighted by Gasteiger charge is -2.20. The van der Waals surface area contributed by atoms with Gasteiger partial charge >= 0.3 is 5.97 Å². The second-order valence-electron chi connectivity index (χ2n) is 6.40. The smallest absolute Gasteiger partial charge is 0.338 e. The van der Waals surface area contributed by atoms with E-state index >= 15 is 0 Å². The summed E-state index contributed by atoms with van der Waals surface area (Å²) in [7, 11) is -3.70. The van der Waals surface area contributed by atoms with Gasteiger partial charge in [-0.3, -0.25) is 4.98 Å². The number of esters is 1. The fraction of sp³-hybridized carbons (Fsp3) is 0.300. The van der Waals surface area contributed by atoms with Gasteiger partial charge in [-0.05, 0) is 36.8 Å². The van der Waals surface area contributed by atoms with E-state index in [-0.39, 0.29) is 23.0 Å². The first-order valence-corrected chi connectivity index (χ1v) is 10.8. The molecular formula is C20H22N4O5S. The summed E-state index contributed by atoms with van der Waals surface area (Å²) in [4.78, 5) is 20.7. The molecule has 0 unspecified atom stereocenters. The summed E-state index contributed by atoms with van der Waals surface area (Å²) in [6.45, 7) is 5.64. The minimum atomic E-state index is -3.70. The van der Waals surface area contributed by atoms with Gasteiger partial charge in [0, 0.05) is 31.0 Å². The maximum absolute atomic E-state index is 12.8. The Morgan fingerprint density at radius 3 is 2.63 bits per heavy atom. The fourth-order valence-electron chi connectivity index (χ4n) is 2.84. The van der Waals surface area contributed by atoms with Crippen molar-refractivity contribution in [2.45, 2.75) is 32.3 Å². The summed E-state index contributed by atoms with van der Waals surface area (Å²) >= 11 is 0. The van der Waals surface area contributed by atoms with E-state index in [4.69, 9.17) is 9.26 Å². The first-order valence-electron chi connectivity index (χ1n) is 9.37. The maximum atomic E-state index is 12.8. The van der Waals surface area contributed by atoms with Crippen LogP contribution in [0, 0.1) is 6.92 Å². The maximum Gasteiger partial charge on any atom is 0.338 e. The number of hydrogen-bond donors (Lipinski definition) is 0. The van der Waals surface area contributed by atoms with Crippen LogP contribution in [0.3, 0.4) is 0 Å². The lowest BCUT2D eigenvalue weighted by Crippen LogP contribution is -2.31. The minimum Gasteiger partial charge on any atom is -0.452 e. The van der Waals surface area contributed by atoms with Crippen LogP contribution in [-0.4, -0.2) is 46.9 Å². The Labute approximate surface area is 174 Å². The molecule has 0 aliphatic heterocycles. The Bertz CT molecular complexity index is 1130. The second-order valence-corrected chi connectivity index (χ2v) is 8.31. The predicted molar refractivity (Wildman–Crippen MR) is 108 cm³/mol. The molecule has 2 aromatic heterocycles. The number of nitrogens with zero attached hydrogens (tertiary/aromatic N) is 4. The van der Waals surface area contributed by atoms with Crippen molar-refractivity contribution in [3.05, 3.63) is 59.7 Å². The van der Waals surface area contributed by atoms with Gasteiger partial charge in [0.2, 0.25) is 15.8 Å². The van der Waals surface area contributed by atoms with Crippen LogP contribution in [0.25, 0.3) is 11.4 Å². The topological polar surface area (TPSA) is 115 Å². The Kier molecular flexibility index (Phi) is 6.58. The molecule has 1 aromatic carbocycles. The molecule has 30 heavy (non-hydrogen) atoms. The van der Waals surface area contributed by atoms with Crippen molar-refractivity contribution in [3.8, 4) is 11.4 Å². The Morgan fingerprint density at radius 2 is 1.97 bits per heavy atom. The normalized spacial score (nSPS) is 11.6. The summed E-state index contributed by atoms with van der Waals surface area (Å²) in [5, 5.41) is 3.83. The Balaban J connectivity index is 1.74. The lowest BCUT2D eigenvalue weighted by molar-refractivity contribution is 0.0429. The highest BCUT2D eigenvalue weighted by Gasteiger charge is 2.25. The molecule has 0 saturated heterocycles. The molecule has 158 valence electrons. The fourth-order valence-corrected chi connectivity index (χ4v) is 4.55. The minimum absolute atomic E-state index is 0.0808. The summed E-state index contributed by atoms with van der Waals surface area (Å²) in [5.41, 5.74) is 1.35. The van der Waals surface area contributed by atoms with E-state index in [0.717, 1.165) is 0 Å². The molecule has 3 aromatic rings. The van der Waals surface area contributed by atoms with Crippen LogP contribution in [0.4, 0.5) is 0 Å². The highest BCUT2D eigenvalue weighted by atomic mass is 32.2. The molecule has 0 fully saturated rings. The number of sulfonamides is 1. The van der Waals surface area contributed by atoms with Gasteiger partial charge in [0.15, 0.2) is 6.61 Å². The van der Waals surface area contributed by atoms with E-state index < -0.39 is 16.0 Å². The predicted octanol–water partition coefficient (Wildman–Crippen LogP) is 2.83. The third kappa shape index (κ3) is 4.55. The number of benzene rings is 1. The van der Waals surface area contributed by atoms with Crippen molar-refractivity contribution in [2.24, 2.45) is 0 Å². The third-order valence-corrected chi connectivity index (χ3v) is 6.65. The first kappa shape index (κ1) is 21.6. The lowest BCUT2D eigenvalue weighted by atomic mass is 10.1. The molecule has 0 aliphatic rings.